The number of H-pyrrole nitrogens is 2. The van der Waals surface area contributed by atoms with Crippen molar-refractivity contribution in [3.05, 3.63) is 92.3 Å². The Hall–Kier alpha value is -4.19. The molecule has 1 heterocycles. The Morgan fingerprint density at radius 1 is 0.903 bits per heavy atom. The SMILES string of the molecule is Cc1ccc(C(=O)NNC(=O)c2cccc(NS(=O)(=O)c3c[nH]c(=O)[nH]c3=O)c2)cc1. The summed E-state index contributed by atoms with van der Waals surface area (Å²) in [5.41, 5.74) is 3.91. The number of aromatic amines is 2. The quantitative estimate of drug-likeness (QED) is 0.354. The number of hydrogen-bond acceptors (Lipinski definition) is 6. The molecule has 160 valence electrons. The molecule has 0 aliphatic carbocycles. The summed E-state index contributed by atoms with van der Waals surface area (Å²) in [7, 11) is -4.33. The number of aryl methyl sites for hydroxylation is 1. The van der Waals surface area contributed by atoms with E-state index in [1.807, 2.05) is 11.9 Å². The van der Waals surface area contributed by atoms with Gasteiger partial charge in [-0.1, -0.05) is 23.8 Å². The van der Waals surface area contributed by atoms with Crippen molar-refractivity contribution in [3.8, 4) is 0 Å². The zero-order valence-corrected chi connectivity index (χ0v) is 16.9. The molecule has 0 unspecified atom stereocenters. The summed E-state index contributed by atoms with van der Waals surface area (Å²) < 4.78 is 26.9. The van der Waals surface area contributed by atoms with Crippen LogP contribution < -0.4 is 26.8 Å². The van der Waals surface area contributed by atoms with Crippen molar-refractivity contribution in [1.29, 1.82) is 0 Å². The molecule has 3 rings (SSSR count). The minimum Gasteiger partial charge on any atom is -0.313 e. The van der Waals surface area contributed by atoms with Crippen LogP contribution in [0.2, 0.25) is 0 Å². The van der Waals surface area contributed by atoms with E-state index in [1.54, 1.807) is 24.3 Å². The van der Waals surface area contributed by atoms with Gasteiger partial charge in [0.1, 0.15) is 0 Å². The van der Waals surface area contributed by atoms with E-state index in [2.05, 4.69) is 20.6 Å². The highest BCUT2D eigenvalue weighted by atomic mass is 32.2. The lowest BCUT2D eigenvalue weighted by Gasteiger charge is -2.10. The minimum atomic E-state index is -4.33. The number of anilines is 1. The first-order valence-corrected chi connectivity index (χ1v) is 10.3. The van der Waals surface area contributed by atoms with Crippen LogP contribution in [0.25, 0.3) is 0 Å². The number of rotatable bonds is 5. The second kappa shape index (κ2) is 8.67. The molecule has 0 saturated heterocycles. The summed E-state index contributed by atoms with van der Waals surface area (Å²) in [6.45, 7) is 1.87. The minimum absolute atomic E-state index is 0.0110. The van der Waals surface area contributed by atoms with Crippen LogP contribution >= 0.6 is 0 Å². The van der Waals surface area contributed by atoms with Crippen molar-refractivity contribution in [3.63, 3.8) is 0 Å². The number of sulfonamides is 1. The highest BCUT2D eigenvalue weighted by Gasteiger charge is 2.19. The van der Waals surface area contributed by atoms with Crippen molar-refractivity contribution < 1.29 is 18.0 Å². The molecular formula is C19H17N5O6S. The van der Waals surface area contributed by atoms with Crippen LogP contribution in [0.1, 0.15) is 26.3 Å². The van der Waals surface area contributed by atoms with Crippen molar-refractivity contribution in [2.45, 2.75) is 11.8 Å². The summed E-state index contributed by atoms with van der Waals surface area (Å²) in [6, 6.07) is 12.1. The van der Waals surface area contributed by atoms with Crippen LogP contribution in [0.5, 0.6) is 0 Å². The second-order valence-corrected chi connectivity index (χ2v) is 8.05. The molecule has 0 saturated carbocycles. The van der Waals surface area contributed by atoms with Gasteiger partial charge in [0.15, 0.2) is 4.90 Å². The third kappa shape index (κ3) is 5.25. The van der Waals surface area contributed by atoms with E-state index < -0.39 is 38.0 Å². The number of carbonyl (C=O) groups excluding carboxylic acids is 2. The van der Waals surface area contributed by atoms with Gasteiger partial charge in [0.05, 0.1) is 0 Å². The zero-order chi connectivity index (χ0) is 22.6. The van der Waals surface area contributed by atoms with E-state index in [0.717, 1.165) is 11.8 Å². The molecule has 5 N–H and O–H groups in total. The molecule has 0 atom stereocenters. The van der Waals surface area contributed by atoms with Crippen molar-refractivity contribution in [2.24, 2.45) is 0 Å². The smallest absolute Gasteiger partial charge is 0.313 e. The molecule has 3 aromatic rings. The van der Waals surface area contributed by atoms with E-state index in [4.69, 9.17) is 0 Å². The molecule has 0 fully saturated rings. The zero-order valence-electron chi connectivity index (χ0n) is 16.1. The van der Waals surface area contributed by atoms with Gasteiger partial charge in [-0.05, 0) is 37.3 Å². The van der Waals surface area contributed by atoms with Gasteiger partial charge >= 0.3 is 5.69 Å². The Morgan fingerprint density at radius 3 is 2.19 bits per heavy atom. The van der Waals surface area contributed by atoms with Gasteiger partial charge in [-0.2, -0.15) is 0 Å². The molecule has 0 bridgehead atoms. The number of carbonyl (C=O) groups is 2. The Kier molecular flexibility index (Phi) is 6.02. The molecule has 11 nitrogen and oxygen atoms in total. The molecule has 12 heteroatoms. The number of benzene rings is 2. The lowest BCUT2D eigenvalue weighted by molar-refractivity contribution is 0.0846. The Bertz CT molecular complexity index is 1360. The van der Waals surface area contributed by atoms with E-state index in [9.17, 15) is 27.6 Å². The molecule has 1 aromatic heterocycles. The summed E-state index contributed by atoms with van der Waals surface area (Å²) in [4.78, 5) is 50.4. The third-order valence-corrected chi connectivity index (χ3v) is 5.44. The standard InChI is InChI=1S/C19H17N5O6S/c1-11-5-7-12(8-6-11)16(25)22-23-17(26)13-3-2-4-14(9-13)24-31(29,30)15-10-20-19(28)21-18(15)27/h2-10,24H,1H3,(H,22,25)(H,23,26)(H2,20,21,27,28). The van der Waals surface area contributed by atoms with Gasteiger partial charge in [-0.25, -0.2) is 13.2 Å². The average molecular weight is 443 g/mol. The first kappa shape index (κ1) is 21.5. The summed E-state index contributed by atoms with van der Waals surface area (Å²) >= 11 is 0. The van der Waals surface area contributed by atoms with Crippen molar-refractivity contribution in [2.75, 3.05) is 4.72 Å². The Morgan fingerprint density at radius 2 is 1.55 bits per heavy atom. The van der Waals surface area contributed by atoms with Crippen LogP contribution in [-0.4, -0.2) is 30.2 Å². The third-order valence-electron chi connectivity index (χ3n) is 4.06. The number of amides is 2. The molecular weight excluding hydrogens is 426 g/mol. The van der Waals surface area contributed by atoms with Crippen LogP contribution in [0, 0.1) is 6.92 Å². The maximum absolute atomic E-state index is 12.4. The van der Waals surface area contributed by atoms with Crippen LogP contribution in [0.3, 0.4) is 0 Å². The Balaban J connectivity index is 1.71. The predicted octanol–water partition coefficient (Wildman–Crippen LogP) is 0.247. The lowest BCUT2D eigenvalue weighted by atomic mass is 10.1. The second-order valence-electron chi connectivity index (χ2n) is 6.40. The molecule has 0 aliphatic heterocycles. The fraction of sp³-hybridized carbons (Fsp3) is 0.0526. The molecule has 2 amide bonds. The fourth-order valence-electron chi connectivity index (χ4n) is 2.49. The first-order chi connectivity index (χ1) is 14.7. The van der Waals surface area contributed by atoms with Gasteiger partial charge in [0, 0.05) is 23.0 Å². The Labute approximate surface area is 175 Å². The van der Waals surface area contributed by atoms with E-state index in [1.165, 1.54) is 24.3 Å². The number of aromatic nitrogens is 2. The van der Waals surface area contributed by atoms with Gasteiger partial charge in [0.25, 0.3) is 27.4 Å². The number of hydrogen-bond donors (Lipinski definition) is 5. The fourth-order valence-corrected chi connectivity index (χ4v) is 3.55. The highest BCUT2D eigenvalue weighted by Crippen LogP contribution is 2.15. The van der Waals surface area contributed by atoms with Crippen molar-refractivity contribution >= 4 is 27.5 Å². The van der Waals surface area contributed by atoms with E-state index in [-0.39, 0.29) is 11.3 Å². The topological polar surface area (TPSA) is 170 Å². The molecule has 0 radical (unpaired) electrons. The van der Waals surface area contributed by atoms with Crippen LogP contribution in [0.15, 0.2) is 69.2 Å². The van der Waals surface area contributed by atoms with E-state index in [0.29, 0.717) is 5.56 Å². The van der Waals surface area contributed by atoms with Crippen LogP contribution in [0.4, 0.5) is 5.69 Å². The van der Waals surface area contributed by atoms with Crippen LogP contribution in [-0.2, 0) is 10.0 Å². The van der Waals surface area contributed by atoms with Gasteiger partial charge in [0.2, 0.25) is 0 Å². The molecule has 0 aliphatic rings. The van der Waals surface area contributed by atoms with Gasteiger partial charge in [-0.3, -0.25) is 34.9 Å². The monoisotopic (exact) mass is 443 g/mol. The average Bonchev–Trinajstić information content (AvgIpc) is 2.71. The first-order valence-electron chi connectivity index (χ1n) is 8.78. The van der Waals surface area contributed by atoms with Gasteiger partial charge < -0.3 is 4.98 Å². The largest absolute Gasteiger partial charge is 0.325 e. The molecule has 2 aromatic carbocycles. The maximum atomic E-state index is 12.4. The van der Waals surface area contributed by atoms with Gasteiger partial charge in [-0.15, -0.1) is 0 Å². The predicted molar refractivity (Wildman–Crippen MR) is 111 cm³/mol. The van der Waals surface area contributed by atoms with Crippen molar-refractivity contribution in [1.82, 2.24) is 20.8 Å². The maximum Gasteiger partial charge on any atom is 0.325 e. The summed E-state index contributed by atoms with van der Waals surface area (Å²) in [5.74, 6) is -1.22. The lowest BCUT2D eigenvalue weighted by Crippen LogP contribution is -2.41. The van der Waals surface area contributed by atoms with E-state index >= 15 is 0 Å². The number of nitrogens with one attached hydrogen (secondary N) is 5. The normalized spacial score (nSPS) is 10.9. The highest BCUT2D eigenvalue weighted by molar-refractivity contribution is 7.92. The summed E-state index contributed by atoms with van der Waals surface area (Å²) in [5, 5.41) is 0. The molecule has 0 spiro atoms. The molecule has 31 heavy (non-hydrogen) atoms. The summed E-state index contributed by atoms with van der Waals surface area (Å²) in [6.07, 6.45) is 0.765. The number of hydrazine groups is 1.